The number of aliphatic carboxylic acids is 1. The average Bonchev–Trinajstić information content (AvgIpc) is 2.24. The summed E-state index contributed by atoms with van der Waals surface area (Å²) in [6.07, 6.45) is 2.55. The van der Waals surface area contributed by atoms with Crippen molar-refractivity contribution in [2.24, 2.45) is 0 Å². The van der Waals surface area contributed by atoms with Crippen LogP contribution in [0.4, 0.5) is 0 Å². The van der Waals surface area contributed by atoms with Crippen LogP contribution in [0.1, 0.15) is 5.56 Å². The molecule has 90 valence electrons. The Labute approximate surface area is 116 Å². The van der Waals surface area contributed by atoms with Crippen LogP contribution in [0, 0.1) is 0 Å². The maximum absolute atomic E-state index is 10.5. The van der Waals surface area contributed by atoms with Gasteiger partial charge in [-0.25, -0.2) is 4.79 Å². The first-order valence-electron chi connectivity index (χ1n) is 4.65. The Morgan fingerprint density at radius 3 is 2.82 bits per heavy atom. The molecule has 17 heavy (non-hydrogen) atoms. The minimum Gasteiger partial charge on any atom is -0.488 e. The molecule has 1 aromatic carbocycles. The van der Waals surface area contributed by atoms with Gasteiger partial charge in [0.25, 0.3) is 0 Å². The maximum atomic E-state index is 10.5. The van der Waals surface area contributed by atoms with Crippen LogP contribution < -0.4 is 4.74 Å². The third-order valence-corrected chi connectivity index (χ3v) is 2.48. The topological polar surface area (TPSA) is 46.5 Å². The van der Waals surface area contributed by atoms with E-state index in [0.29, 0.717) is 22.4 Å². The van der Waals surface area contributed by atoms with Gasteiger partial charge < -0.3 is 9.84 Å². The van der Waals surface area contributed by atoms with E-state index < -0.39 is 5.97 Å². The van der Waals surface area contributed by atoms with Crippen molar-refractivity contribution in [1.29, 1.82) is 0 Å². The molecule has 0 aliphatic heterocycles. The van der Waals surface area contributed by atoms with Crippen molar-refractivity contribution in [3.8, 4) is 5.75 Å². The molecular weight excluding hydrogens is 352 g/mol. The lowest BCUT2D eigenvalue weighted by Gasteiger charge is -2.08. The van der Waals surface area contributed by atoms with Crippen LogP contribution in [0.2, 0.25) is 0 Å². The summed E-state index contributed by atoms with van der Waals surface area (Å²) in [5.41, 5.74) is 0.690. The van der Waals surface area contributed by atoms with Crippen molar-refractivity contribution in [2.75, 3.05) is 6.61 Å². The van der Waals surface area contributed by atoms with Gasteiger partial charge in [0.15, 0.2) is 0 Å². The van der Waals surface area contributed by atoms with E-state index in [-0.39, 0.29) is 0 Å². The standard InChI is InChI=1S/C12H10Br2O3/c1-8(13)7-17-11-4-3-10(14)6-9(11)2-5-12(15)16/h2-6H,1,7H2,(H,15,16)/b5-2+. The molecule has 0 spiro atoms. The second-order valence-corrected chi connectivity index (χ2v) is 5.20. The van der Waals surface area contributed by atoms with Gasteiger partial charge in [0.2, 0.25) is 0 Å². The number of hydrogen-bond donors (Lipinski definition) is 1. The number of carbonyl (C=O) groups is 1. The van der Waals surface area contributed by atoms with E-state index in [1.165, 1.54) is 6.08 Å². The summed E-state index contributed by atoms with van der Waals surface area (Å²) in [6.45, 7) is 3.99. The molecule has 5 heteroatoms. The van der Waals surface area contributed by atoms with Crippen molar-refractivity contribution in [3.63, 3.8) is 0 Å². The van der Waals surface area contributed by atoms with Gasteiger partial charge in [-0.15, -0.1) is 0 Å². The number of hydrogen-bond acceptors (Lipinski definition) is 2. The Morgan fingerprint density at radius 1 is 1.53 bits per heavy atom. The normalized spacial score (nSPS) is 10.5. The van der Waals surface area contributed by atoms with Gasteiger partial charge in [-0.3, -0.25) is 0 Å². The molecule has 0 bridgehead atoms. The molecule has 1 rings (SSSR count). The molecule has 0 aliphatic carbocycles. The Morgan fingerprint density at radius 2 is 2.24 bits per heavy atom. The van der Waals surface area contributed by atoms with Crippen LogP contribution in [0.5, 0.6) is 5.75 Å². The first-order chi connectivity index (χ1) is 7.99. The minimum absolute atomic E-state index is 0.329. The molecule has 1 aromatic rings. The molecule has 0 radical (unpaired) electrons. The van der Waals surface area contributed by atoms with E-state index in [2.05, 4.69) is 38.4 Å². The smallest absolute Gasteiger partial charge is 0.328 e. The highest BCUT2D eigenvalue weighted by molar-refractivity contribution is 9.11. The van der Waals surface area contributed by atoms with Crippen LogP contribution in [-0.2, 0) is 4.79 Å². The molecule has 0 amide bonds. The van der Waals surface area contributed by atoms with Gasteiger partial charge in [0.1, 0.15) is 12.4 Å². The molecule has 1 N–H and O–H groups in total. The molecule has 3 nitrogen and oxygen atoms in total. The predicted octanol–water partition coefficient (Wildman–Crippen LogP) is 3.83. The molecule has 0 fully saturated rings. The SMILES string of the molecule is C=C(Br)COc1ccc(Br)cc1/C=C/C(=O)O. The van der Waals surface area contributed by atoms with Crippen molar-refractivity contribution >= 4 is 43.9 Å². The van der Waals surface area contributed by atoms with E-state index >= 15 is 0 Å². The first kappa shape index (κ1) is 14.0. The van der Waals surface area contributed by atoms with Crippen LogP contribution in [0.3, 0.4) is 0 Å². The molecule has 0 unspecified atom stereocenters. The maximum Gasteiger partial charge on any atom is 0.328 e. The molecule has 0 atom stereocenters. The summed E-state index contributed by atoms with van der Waals surface area (Å²) in [6, 6.07) is 5.37. The average molecular weight is 362 g/mol. The lowest BCUT2D eigenvalue weighted by Crippen LogP contribution is -1.98. The Bertz CT molecular complexity index is 467. The molecule has 0 saturated heterocycles. The van der Waals surface area contributed by atoms with Gasteiger partial charge in [0, 0.05) is 20.6 Å². The number of rotatable bonds is 5. The number of benzene rings is 1. The summed E-state index contributed by atoms with van der Waals surface area (Å²) < 4.78 is 7.04. The van der Waals surface area contributed by atoms with Crippen molar-refractivity contribution in [2.45, 2.75) is 0 Å². The lowest BCUT2D eigenvalue weighted by molar-refractivity contribution is -0.131. The second kappa shape index (κ2) is 6.61. The second-order valence-electron chi connectivity index (χ2n) is 3.16. The van der Waals surface area contributed by atoms with E-state index in [9.17, 15) is 4.79 Å². The number of ether oxygens (including phenoxy) is 1. The number of halogens is 2. The minimum atomic E-state index is -0.999. The lowest BCUT2D eigenvalue weighted by atomic mass is 10.2. The molecular formula is C12H10Br2O3. The van der Waals surface area contributed by atoms with Crippen molar-refractivity contribution < 1.29 is 14.6 Å². The zero-order valence-electron chi connectivity index (χ0n) is 8.82. The van der Waals surface area contributed by atoms with Gasteiger partial charge in [-0.05, 0) is 24.3 Å². The molecule has 0 aromatic heterocycles. The van der Waals surface area contributed by atoms with Gasteiger partial charge in [-0.1, -0.05) is 38.4 Å². The fourth-order valence-electron chi connectivity index (χ4n) is 1.10. The predicted molar refractivity (Wildman–Crippen MR) is 74.4 cm³/mol. The molecule has 0 aliphatic rings. The summed E-state index contributed by atoms with van der Waals surface area (Å²) in [7, 11) is 0. The highest BCUT2D eigenvalue weighted by Gasteiger charge is 2.03. The van der Waals surface area contributed by atoms with Gasteiger partial charge >= 0.3 is 5.97 Å². The van der Waals surface area contributed by atoms with Crippen molar-refractivity contribution in [1.82, 2.24) is 0 Å². The summed E-state index contributed by atoms with van der Waals surface area (Å²) in [4.78, 5) is 10.5. The monoisotopic (exact) mass is 360 g/mol. The number of carboxylic acid groups (broad SMARTS) is 1. The Hall–Kier alpha value is -1.07. The van der Waals surface area contributed by atoms with E-state index in [1.54, 1.807) is 12.1 Å². The third kappa shape index (κ3) is 5.19. The van der Waals surface area contributed by atoms with E-state index in [1.807, 2.05) is 6.07 Å². The first-order valence-corrected chi connectivity index (χ1v) is 6.24. The van der Waals surface area contributed by atoms with Gasteiger partial charge in [0.05, 0.1) is 0 Å². The van der Waals surface area contributed by atoms with E-state index in [4.69, 9.17) is 9.84 Å². The van der Waals surface area contributed by atoms with Gasteiger partial charge in [-0.2, -0.15) is 0 Å². The third-order valence-electron chi connectivity index (χ3n) is 1.76. The fraction of sp³-hybridized carbons (Fsp3) is 0.0833. The zero-order valence-corrected chi connectivity index (χ0v) is 12.0. The number of carboxylic acids is 1. The quantitative estimate of drug-likeness (QED) is 0.810. The molecule has 0 heterocycles. The van der Waals surface area contributed by atoms with Crippen molar-refractivity contribution in [3.05, 3.63) is 45.4 Å². The van der Waals surface area contributed by atoms with Crippen LogP contribution in [0.15, 0.2) is 39.8 Å². The molecule has 0 saturated carbocycles. The fourth-order valence-corrected chi connectivity index (χ4v) is 1.59. The largest absolute Gasteiger partial charge is 0.488 e. The van der Waals surface area contributed by atoms with E-state index in [0.717, 1.165) is 10.5 Å². The summed E-state index contributed by atoms with van der Waals surface area (Å²) in [5, 5.41) is 8.59. The zero-order chi connectivity index (χ0) is 12.8. The summed E-state index contributed by atoms with van der Waals surface area (Å²) in [5.74, 6) is -0.396. The van der Waals surface area contributed by atoms with Crippen LogP contribution in [0.25, 0.3) is 6.08 Å². The Kier molecular flexibility index (Phi) is 5.44. The highest BCUT2D eigenvalue weighted by Crippen LogP contribution is 2.25. The highest BCUT2D eigenvalue weighted by atomic mass is 79.9. The summed E-state index contributed by atoms with van der Waals surface area (Å²) >= 11 is 6.51. The van der Waals surface area contributed by atoms with Crippen LogP contribution >= 0.6 is 31.9 Å². The Balaban J connectivity index is 2.95. The van der Waals surface area contributed by atoms with Crippen LogP contribution in [-0.4, -0.2) is 17.7 Å².